The molecule has 0 bridgehead atoms. The van der Waals surface area contributed by atoms with Crippen molar-refractivity contribution in [3.8, 4) is 23.2 Å². The summed E-state index contributed by atoms with van der Waals surface area (Å²) in [6.07, 6.45) is 0. The summed E-state index contributed by atoms with van der Waals surface area (Å²) in [6, 6.07) is 9.50. The van der Waals surface area contributed by atoms with Gasteiger partial charge in [-0.3, -0.25) is 9.36 Å². The van der Waals surface area contributed by atoms with Gasteiger partial charge in [-0.1, -0.05) is 11.8 Å². The molecule has 0 saturated heterocycles. The van der Waals surface area contributed by atoms with Gasteiger partial charge in [0.25, 0.3) is 0 Å². The highest BCUT2D eigenvalue weighted by Gasteiger charge is 2.19. The number of carbonyl (C=O) groups is 1. The Bertz CT molecular complexity index is 859. The van der Waals surface area contributed by atoms with Crippen molar-refractivity contribution < 1.29 is 9.53 Å². The Morgan fingerprint density at radius 1 is 1.35 bits per heavy atom. The molecule has 1 heterocycles. The summed E-state index contributed by atoms with van der Waals surface area (Å²) in [4.78, 5) is 12.2. The molecule has 1 aromatic carbocycles. The van der Waals surface area contributed by atoms with Crippen LogP contribution in [0.25, 0.3) is 11.4 Å². The lowest BCUT2D eigenvalue weighted by Crippen LogP contribution is -2.11. The lowest BCUT2D eigenvalue weighted by atomic mass is 10.2. The minimum absolute atomic E-state index is 0.0107. The number of ketones is 1. The van der Waals surface area contributed by atoms with Gasteiger partial charge in [-0.25, -0.2) is 0 Å². The van der Waals surface area contributed by atoms with Crippen LogP contribution in [0.1, 0.15) is 26.8 Å². The second kappa shape index (κ2) is 8.54. The second-order valence-electron chi connectivity index (χ2n) is 5.88. The Hall–Kier alpha value is -2.79. The van der Waals surface area contributed by atoms with E-state index in [1.54, 1.807) is 14.0 Å². The van der Waals surface area contributed by atoms with E-state index in [-0.39, 0.29) is 28.8 Å². The van der Waals surface area contributed by atoms with E-state index in [0.29, 0.717) is 11.0 Å². The van der Waals surface area contributed by atoms with E-state index in [1.807, 2.05) is 48.7 Å². The van der Waals surface area contributed by atoms with Gasteiger partial charge in [-0.2, -0.15) is 5.26 Å². The maximum absolute atomic E-state index is 12.2. The number of aromatic nitrogens is 3. The molecule has 0 fully saturated rings. The summed E-state index contributed by atoms with van der Waals surface area (Å²) in [5.41, 5.74) is 6.70. The van der Waals surface area contributed by atoms with Crippen molar-refractivity contribution >= 4 is 17.5 Å². The molecular formula is C18H21N5O2S. The first-order valence-corrected chi connectivity index (χ1v) is 8.99. The van der Waals surface area contributed by atoms with Crippen LogP contribution in [0, 0.1) is 11.3 Å². The van der Waals surface area contributed by atoms with Crippen LogP contribution in [0.15, 0.2) is 40.7 Å². The maximum Gasteiger partial charge on any atom is 0.192 e. The number of nitrogens with zero attached hydrogens (tertiary/aromatic N) is 4. The predicted octanol–water partition coefficient (Wildman–Crippen LogP) is 2.95. The molecule has 0 radical (unpaired) electrons. The van der Waals surface area contributed by atoms with Crippen LogP contribution in [0.3, 0.4) is 0 Å². The first-order valence-electron chi connectivity index (χ1n) is 8.00. The summed E-state index contributed by atoms with van der Waals surface area (Å²) in [5, 5.41) is 18.2. The lowest BCUT2D eigenvalue weighted by Gasteiger charge is -2.13. The van der Waals surface area contributed by atoms with E-state index in [1.165, 1.54) is 11.8 Å². The third-order valence-electron chi connectivity index (χ3n) is 3.65. The van der Waals surface area contributed by atoms with Gasteiger partial charge in [0.1, 0.15) is 17.4 Å². The number of nitrogens with two attached hydrogens (primary N) is 1. The summed E-state index contributed by atoms with van der Waals surface area (Å²) in [5.74, 6) is 1.23. The number of hydrogen-bond donors (Lipinski definition) is 1. The highest BCUT2D eigenvalue weighted by Crippen LogP contribution is 2.29. The Balaban J connectivity index is 2.28. The van der Waals surface area contributed by atoms with Crippen molar-refractivity contribution in [2.45, 2.75) is 32.0 Å². The molecule has 2 rings (SSSR count). The maximum atomic E-state index is 12.2. The molecule has 0 atom stereocenters. The van der Waals surface area contributed by atoms with Crippen LogP contribution in [0.5, 0.6) is 5.75 Å². The van der Waals surface area contributed by atoms with Crippen LogP contribution < -0.4 is 10.5 Å². The molecule has 7 nitrogen and oxygen atoms in total. The number of ether oxygens (including phenoxy) is 1. The van der Waals surface area contributed by atoms with Crippen LogP contribution >= 0.6 is 11.8 Å². The summed E-state index contributed by atoms with van der Waals surface area (Å²) < 4.78 is 7.14. The number of thioether (sulfide) groups is 1. The van der Waals surface area contributed by atoms with Crippen molar-refractivity contribution in [1.29, 1.82) is 5.26 Å². The fourth-order valence-corrected chi connectivity index (χ4v) is 3.29. The van der Waals surface area contributed by atoms with Crippen LogP contribution in [0.4, 0.5) is 0 Å². The number of methoxy groups -OCH3 is 1. The second-order valence-corrected chi connectivity index (χ2v) is 6.82. The zero-order valence-corrected chi connectivity index (χ0v) is 16.0. The molecule has 0 aliphatic rings. The van der Waals surface area contributed by atoms with Gasteiger partial charge in [0.15, 0.2) is 16.8 Å². The topological polar surface area (TPSA) is 107 Å². The molecule has 0 unspecified atom stereocenters. The van der Waals surface area contributed by atoms with E-state index < -0.39 is 0 Å². The molecule has 0 amide bonds. The van der Waals surface area contributed by atoms with Gasteiger partial charge in [0, 0.05) is 17.3 Å². The third-order valence-corrected chi connectivity index (χ3v) is 4.59. The van der Waals surface area contributed by atoms with Crippen molar-refractivity contribution in [1.82, 2.24) is 14.8 Å². The van der Waals surface area contributed by atoms with E-state index in [0.717, 1.165) is 11.3 Å². The van der Waals surface area contributed by atoms with Gasteiger partial charge in [0.05, 0.1) is 12.9 Å². The van der Waals surface area contributed by atoms with Gasteiger partial charge < -0.3 is 10.5 Å². The molecule has 136 valence electrons. The first-order chi connectivity index (χ1) is 12.4. The molecule has 2 N–H and O–H groups in total. The molecule has 1 aromatic heterocycles. The molecule has 0 aliphatic heterocycles. The smallest absolute Gasteiger partial charge is 0.192 e. The minimum Gasteiger partial charge on any atom is -0.497 e. The number of nitriles is 1. The molecule has 2 aromatic rings. The van der Waals surface area contributed by atoms with Gasteiger partial charge >= 0.3 is 0 Å². The van der Waals surface area contributed by atoms with E-state index in [4.69, 9.17) is 15.7 Å². The quantitative estimate of drug-likeness (QED) is 0.453. The molecule has 8 heteroatoms. The van der Waals surface area contributed by atoms with E-state index >= 15 is 0 Å². The highest BCUT2D eigenvalue weighted by atomic mass is 32.2. The average molecular weight is 371 g/mol. The fraction of sp³-hybridized carbons (Fsp3) is 0.333. The van der Waals surface area contributed by atoms with Gasteiger partial charge in [-0.15, -0.1) is 10.2 Å². The summed E-state index contributed by atoms with van der Waals surface area (Å²) >= 11 is 1.24. The zero-order valence-electron chi connectivity index (χ0n) is 15.2. The lowest BCUT2D eigenvalue weighted by molar-refractivity contribution is -0.112. The zero-order chi connectivity index (χ0) is 19.3. The number of allylic oxidation sites excluding steroid dienone is 2. The SMILES string of the molecule is COc1ccc(-c2nnc(SCC(=O)/C(C#N)=C(/C)N)n2C(C)C)cc1. The van der Waals surface area contributed by atoms with Crippen molar-refractivity contribution in [3.63, 3.8) is 0 Å². The largest absolute Gasteiger partial charge is 0.497 e. The minimum atomic E-state index is -0.318. The van der Waals surface area contributed by atoms with E-state index in [2.05, 4.69) is 10.2 Å². The molecule has 26 heavy (non-hydrogen) atoms. The standard InChI is InChI=1S/C18H21N5O2S/c1-11(2)23-17(13-5-7-14(25-4)8-6-13)21-22-18(23)26-10-16(24)15(9-19)12(3)20/h5-8,11H,10,20H2,1-4H3/b15-12-. The van der Waals surface area contributed by atoms with Crippen LogP contribution in [-0.4, -0.2) is 33.4 Å². The Morgan fingerprint density at radius 2 is 2.00 bits per heavy atom. The van der Waals surface area contributed by atoms with E-state index in [9.17, 15) is 4.79 Å². The highest BCUT2D eigenvalue weighted by molar-refractivity contribution is 7.99. The molecular weight excluding hydrogens is 350 g/mol. The number of benzene rings is 1. The monoisotopic (exact) mass is 371 g/mol. The Morgan fingerprint density at radius 3 is 2.50 bits per heavy atom. The van der Waals surface area contributed by atoms with Crippen molar-refractivity contribution in [3.05, 3.63) is 35.5 Å². The van der Waals surface area contributed by atoms with Crippen molar-refractivity contribution in [2.24, 2.45) is 5.73 Å². The van der Waals surface area contributed by atoms with Crippen LogP contribution in [-0.2, 0) is 4.79 Å². The van der Waals surface area contributed by atoms with Gasteiger partial charge in [0.2, 0.25) is 0 Å². The third kappa shape index (κ3) is 4.24. The Kier molecular flexibility index (Phi) is 6.41. The number of carbonyl (C=O) groups excluding carboxylic acids is 1. The average Bonchev–Trinajstić information content (AvgIpc) is 3.04. The normalized spacial score (nSPS) is 11.8. The molecule has 0 saturated carbocycles. The predicted molar refractivity (Wildman–Crippen MR) is 101 cm³/mol. The molecule has 0 spiro atoms. The molecule has 0 aliphatic carbocycles. The number of rotatable bonds is 7. The number of Topliss-reactive ketones (excluding diaryl/α,β-unsaturated/α-hetero) is 1. The first kappa shape index (κ1) is 19.5. The Labute approximate surface area is 156 Å². The van der Waals surface area contributed by atoms with Crippen LogP contribution in [0.2, 0.25) is 0 Å². The van der Waals surface area contributed by atoms with Gasteiger partial charge in [-0.05, 0) is 45.0 Å². The van der Waals surface area contributed by atoms with Crippen molar-refractivity contribution in [2.75, 3.05) is 12.9 Å². The number of hydrogen-bond acceptors (Lipinski definition) is 7. The summed E-state index contributed by atoms with van der Waals surface area (Å²) in [6.45, 7) is 5.58. The fourth-order valence-electron chi connectivity index (χ4n) is 2.35. The summed E-state index contributed by atoms with van der Waals surface area (Å²) in [7, 11) is 1.62.